The maximum absolute atomic E-state index is 12.7. The minimum atomic E-state index is -1.11. The quantitative estimate of drug-likeness (QED) is 0.680. The maximum atomic E-state index is 12.7. The van der Waals surface area contributed by atoms with Gasteiger partial charge < -0.3 is 20.1 Å². The highest BCUT2D eigenvalue weighted by Crippen LogP contribution is 2.24. The number of ether oxygens (including phenoxy) is 1. The van der Waals surface area contributed by atoms with Crippen LogP contribution in [0, 0.1) is 0 Å². The lowest BCUT2D eigenvalue weighted by Gasteiger charge is -2.26. The molecule has 3 rings (SSSR count). The number of para-hydroxylation sites is 1. The predicted octanol–water partition coefficient (Wildman–Crippen LogP) is 3.41. The van der Waals surface area contributed by atoms with E-state index in [1.165, 1.54) is 11.0 Å². The Labute approximate surface area is 188 Å². The number of benzene rings is 1. The fourth-order valence-corrected chi connectivity index (χ4v) is 4.00. The molecule has 0 radical (unpaired) electrons. The molecule has 32 heavy (non-hydrogen) atoms. The minimum absolute atomic E-state index is 0.0705. The van der Waals surface area contributed by atoms with E-state index < -0.39 is 23.7 Å². The molecule has 1 saturated heterocycles. The van der Waals surface area contributed by atoms with E-state index >= 15 is 0 Å². The van der Waals surface area contributed by atoms with E-state index in [2.05, 4.69) is 10.2 Å². The third-order valence-electron chi connectivity index (χ3n) is 5.55. The van der Waals surface area contributed by atoms with E-state index in [1.807, 2.05) is 18.2 Å². The second-order valence-corrected chi connectivity index (χ2v) is 9.34. The van der Waals surface area contributed by atoms with Crippen LogP contribution in [0.2, 0.25) is 0 Å². The molecule has 1 amide bonds. The number of carboxylic acid groups (broad SMARTS) is 1. The van der Waals surface area contributed by atoms with Gasteiger partial charge in [0.25, 0.3) is 0 Å². The molecule has 0 bridgehead atoms. The van der Waals surface area contributed by atoms with Crippen LogP contribution in [0.5, 0.6) is 0 Å². The number of hydrogen-bond acceptors (Lipinski definition) is 5. The van der Waals surface area contributed by atoms with Gasteiger partial charge in [-0.2, -0.15) is 0 Å². The van der Waals surface area contributed by atoms with E-state index in [1.54, 1.807) is 33.0 Å². The number of fused-ring (bicyclic) bond motifs is 1. The van der Waals surface area contributed by atoms with Crippen molar-refractivity contribution in [1.29, 1.82) is 0 Å². The van der Waals surface area contributed by atoms with E-state index in [9.17, 15) is 19.5 Å². The Bertz CT molecular complexity index is 970. The molecule has 8 nitrogen and oxygen atoms in total. The molecule has 174 valence electrons. The van der Waals surface area contributed by atoms with E-state index in [4.69, 9.17) is 4.74 Å². The summed E-state index contributed by atoms with van der Waals surface area (Å²) in [4.78, 5) is 39.2. The molecular weight excluding hydrogens is 410 g/mol. The zero-order valence-electron chi connectivity index (χ0n) is 19.1. The number of carbonyl (C=O) groups is 3. The van der Waals surface area contributed by atoms with Crippen LogP contribution in [0.3, 0.4) is 0 Å². The number of carboxylic acids is 1. The average Bonchev–Trinajstić information content (AvgIpc) is 3.10. The highest BCUT2D eigenvalue weighted by Gasteiger charge is 2.25. The highest BCUT2D eigenvalue weighted by molar-refractivity contribution is 5.93. The van der Waals surface area contributed by atoms with Gasteiger partial charge in [-0.25, -0.2) is 9.59 Å². The lowest BCUT2D eigenvalue weighted by atomic mass is 10.0. The van der Waals surface area contributed by atoms with Gasteiger partial charge in [0.2, 0.25) is 5.91 Å². The third kappa shape index (κ3) is 6.32. The third-order valence-corrected chi connectivity index (χ3v) is 5.55. The Balaban J connectivity index is 1.72. The van der Waals surface area contributed by atoms with Gasteiger partial charge in [-0.1, -0.05) is 24.6 Å². The molecule has 8 heteroatoms. The summed E-state index contributed by atoms with van der Waals surface area (Å²) < 4.78 is 6.88. The Morgan fingerprint density at radius 3 is 2.47 bits per heavy atom. The summed E-state index contributed by atoms with van der Waals surface area (Å²) in [6.45, 7) is 7.97. The molecule has 2 aromatic rings. The fourth-order valence-electron chi connectivity index (χ4n) is 4.00. The lowest BCUT2D eigenvalue weighted by Crippen LogP contribution is -2.43. The van der Waals surface area contributed by atoms with E-state index in [-0.39, 0.29) is 18.7 Å². The second-order valence-electron chi connectivity index (χ2n) is 9.34. The first kappa shape index (κ1) is 23.8. The van der Waals surface area contributed by atoms with Crippen molar-refractivity contribution < 1.29 is 24.2 Å². The number of aliphatic carboxylic acids is 1. The van der Waals surface area contributed by atoms with Crippen LogP contribution in [-0.2, 0) is 20.7 Å². The van der Waals surface area contributed by atoms with Gasteiger partial charge >= 0.3 is 12.1 Å². The predicted molar refractivity (Wildman–Crippen MR) is 122 cm³/mol. The summed E-state index contributed by atoms with van der Waals surface area (Å²) in [6.07, 6.45) is 4.92. The first-order chi connectivity index (χ1) is 15.1. The van der Waals surface area contributed by atoms with Crippen LogP contribution in [0.4, 0.5) is 4.79 Å². The number of amides is 1. The van der Waals surface area contributed by atoms with Crippen LogP contribution in [-0.4, -0.2) is 63.8 Å². The van der Waals surface area contributed by atoms with Crippen LogP contribution >= 0.6 is 0 Å². The molecule has 0 saturated carbocycles. The van der Waals surface area contributed by atoms with Crippen LogP contribution in [0.15, 0.2) is 30.5 Å². The summed E-state index contributed by atoms with van der Waals surface area (Å²) in [6, 6.07) is 6.18. The molecule has 2 N–H and O–H groups in total. The summed E-state index contributed by atoms with van der Waals surface area (Å²) in [5.41, 5.74) is 0.640. The first-order valence-electron chi connectivity index (χ1n) is 11.2. The van der Waals surface area contributed by atoms with Gasteiger partial charge in [0.1, 0.15) is 11.6 Å². The van der Waals surface area contributed by atoms with Crippen LogP contribution in [0.1, 0.15) is 52.0 Å². The number of aromatic nitrogens is 1. The number of nitrogens with one attached hydrogen (secondary N) is 1. The minimum Gasteiger partial charge on any atom is -0.480 e. The van der Waals surface area contributed by atoms with Crippen molar-refractivity contribution in [3.8, 4) is 0 Å². The monoisotopic (exact) mass is 443 g/mol. The number of rotatable bonds is 7. The largest absolute Gasteiger partial charge is 0.480 e. The normalized spacial score (nSPS) is 16.0. The lowest BCUT2D eigenvalue weighted by molar-refractivity contribution is -0.141. The zero-order chi connectivity index (χ0) is 23.3. The van der Waals surface area contributed by atoms with Gasteiger partial charge in [-0.15, -0.1) is 0 Å². The molecule has 0 aliphatic carbocycles. The van der Waals surface area contributed by atoms with Crippen molar-refractivity contribution in [2.24, 2.45) is 0 Å². The number of piperidine rings is 1. The highest BCUT2D eigenvalue weighted by atomic mass is 16.6. The Hall–Kier alpha value is -2.87. The maximum Gasteiger partial charge on any atom is 0.419 e. The van der Waals surface area contributed by atoms with E-state index in [0.29, 0.717) is 17.6 Å². The van der Waals surface area contributed by atoms with Crippen molar-refractivity contribution in [3.63, 3.8) is 0 Å². The Morgan fingerprint density at radius 1 is 1.12 bits per heavy atom. The standard InChI is InChI=1S/C24H33N3O5/c1-24(2,3)32-23(31)27-16-17(18-9-5-6-10-20(18)27)15-19(22(29)30)25-21(28)11-14-26-12-7-4-8-13-26/h5-6,9-10,16,19H,4,7-8,11-15H2,1-3H3,(H,25,28)(H,29,30)/t19-/m0/s1. The summed E-state index contributed by atoms with van der Waals surface area (Å²) in [5.74, 6) is -1.38. The molecular formula is C24H33N3O5. The Kier molecular flexibility index (Phi) is 7.56. The van der Waals surface area contributed by atoms with Gasteiger partial charge in [-0.3, -0.25) is 9.36 Å². The molecule has 0 spiro atoms. The van der Waals surface area contributed by atoms with Gasteiger partial charge in [0.15, 0.2) is 0 Å². The molecule has 0 unspecified atom stereocenters. The first-order valence-corrected chi connectivity index (χ1v) is 11.2. The fraction of sp³-hybridized carbons (Fsp3) is 0.542. The summed E-state index contributed by atoms with van der Waals surface area (Å²) in [7, 11) is 0. The summed E-state index contributed by atoms with van der Waals surface area (Å²) in [5, 5.41) is 13.1. The topological polar surface area (TPSA) is 101 Å². The second kappa shape index (κ2) is 10.2. The molecule has 1 aromatic carbocycles. The molecule has 1 aliphatic heterocycles. The van der Waals surface area contributed by atoms with Crippen molar-refractivity contribution in [1.82, 2.24) is 14.8 Å². The van der Waals surface area contributed by atoms with Crippen LogP contribution < -0.4 is 5.32 Å². The Morgan fingerprint density at radius 2 is 1.81 bits per heavy atom. The van der Waals surface area contributed by atoms with Gasteiger partial charge in [0.05, 0.1) is 5.52 Å². The zero-order valence-corrected chi connectivity index (χ0v) is 19.1. The van der Waals surface area contributed by atoms with E-state index in [0.717, 1.165) is 31.3 Å². The van der Waals surface area contributed by atoms with Gasteiger partial charge in [-0.05, 0) is 58.3 Å². The van der Waals surface area contributed by atoms with Crippen molar-refractivity contribution in [3.05, 3.63) is 36.0 Å². The molecule has 2 heterocycles. The molecule has 1 fully saturated rings. The molecule has 1 aromatic heterocycles. The average molecular weight is 444 g/mol. The van der Waals surface area contributed by atoms with Crippen LogP contribution in [0.25, 0.3) is 10.9 Å². The number of hydrogen-bond donors (Lipinski definition) is 2. The van der Waals surface area contributed by atoms with Crippen molar-refractivity contribution in [2.75, 3.05) is 19.6 Å². The smallest absolute Gasteiger partial charge is 0.419 e. The SMILES string of the molecule is CC(C)(C)OC(=O)n1cc(C[C@H](NC(=O)CCN2CCCCC2)C(=O)O)c2ccccc21. The molecule has 1 aliphatic rings. The summed E-state index contributed by atoms with van der Waals surface area (Å²) >= 11 is 0. The number of likely N-dealkylation sites (tertiary alicyclic amines) is 1. The van der Waals surface area contributed by atoms with Crippen molar-refractivity contribution in [2.45, 2.75) is 64.5 Å². The van der Waals surface area contributed by atoms with Crippen molar-refractivity contribution >= 4 is 28.9 Å². The van der Waals surface area contributed by atoms with Gasteiger partial charge in [0, 0.05) is 31.0 Å². The number of nitrogens with zero attached hydrogens (tertiary/aromatic N) is 2. The molecule has 1 atom stereocenters. The number of carbonyl (C=O) groups excluding carboxylic acids is 2.